The Morgan fingerprint density at radius 3 is 2.55 bits per heavy atom. The van der Waals surface area contributed by atoms with E-state index in [1.165, 1.54) is 11.1 Å². The molecule has 0 aliphatic heterocycles. The Morgan fingerprint density at radius 2 is 1.85 bits per heavy atom. The van der Waals surface area contributed by atoms with Gasteiger partial charge in [0, 0.05) is 15.7 Å². The highest BCUT2D eigenvalue weighted by Gasteiger charge is 2.13. The van der Waals surface area contributed by atoms with E-state index in [2.05, 4.69) is 60.1 Å². The van der Waals surface area contributed by atoms with Gasteiger partial charge in [0.2, 0.25) is 0 Å². The number of nitrogens with zero attached hydrogens (tertiary/aromatic N) is 2. The van der Waals surface area contributed by atoms with Gasteiger partial charge in [0.15, 0.2) is 0 Å². The minimum absolute atomic E-state index is 0.688. The lowest BCUT2D eigenvalue weighted by atomic mass is 10.1. The molecule has 0 bridgehead atoms. The summed E-state index contributed by atoms with van der Waals surface area (Å²) < 4.78 is 3.06. The van der Waals surface area contributed by atoms with Gasteiger partial charge in [0.25, 0.3) is 0 Å². The number of rotatable bonds is 1. The maximum Gasteiger partial charge on any atom is 0.139 e. The predicted octanol–water partition coefficient (Wildman–Crippen LogP) is 4.27. The quantitative estimate of drug-likeness (QED) is 0.724. The van der Waals surface area contributed by atoms with E-state index < -0.39 is 0 Å². The molecule has 102 valence electrons. The van der Waals surface area contributed by atoms with Gasteiger partial charge in [-0.15, -0.1) is 0 Å². The third-order valence-corrected chi connectivity index (χ3v) is 4.38. The van der Waals surface area contributed by atoms with Crippen molar-refractivity contribution in [2.75, 3.05) is 5.73 Å². The van der Waals surface area contributed by atoms with Crippen molar-refractivity contribution in [3.8, 4) is 11.3 Å². The van der Waals surface area contributed by atoms with Gasteiger partial charge < -0.3 is 5.73 Å². The molecule has 0 aliphatic carbocycles. The zero-order valence-corrected chi connectivity index (χ0v) is 13.3. The molecule has 3 aromatic rings. The molecule has 0 aliphatic rings. The fourth-order valence-corrected chi connectivity index (χ4v) is 2.89. The minimum Gasteiger partial charge on any atom is -0.383 e. The third-order valence-electron chi connectivity index (χ3n) is 3.53. The van der Waals surface area contributed by atoms with Crippen LogP contribution in [0.3, 0.4) is 0 Å². The van der Waals surface area contributed by atoms with Gasteiger partial charge in [-0.3, -0.25) is 4.40 Å². The first-order valence-corrected chi connectivity index (χ1v) is 7.28. The van der Waals surface area contributed by atoms with Crippen LogP contribution in [0.1, 0.15) is 16.8 Å². The van der Waals surface area contributed by atoms with E-state index in [-0.39, 0.29) is 0 Å². The fourth-order valence-electron chi connectivity index (χ4n) is 2.51. The van der Waals surface area contributed by atoms with Crippen LogP contribution in [0.15, 0.2) is 34.8 Å². The average Bonchev–Trinajstić information content (AvgIpc) is 2.70. The number of nitrogens with two attached hydrogens (primary N) is 1. The van der Waals surface area contributed by atoms with Crippen molar-refractivity contribution >= 4 is 27.4 Å². The number of pyridine rings is 1. The Bertz CT molecular complexity index is 818. The zero-order valence-electron chi connectivity index (χ0n) is 11.7. The number of hydrogen-bond donors (Lipinski definition) is 1. The Morgan fingerprint density at radius 1 is 1.10 bits per heavy atom. The molecule has 0 unspecified atom stereocenters. The molecule has 2 N–H and O–H groups in total. The van der Waals surface area contributed by atoms with Crippen LogP contribution < -0.4 is 5.73 Å². The van der Waals surface area contributed by atoms with Crippen LogP contribution >= 0.6 is 15.9 Å². The van der Waals surface area contributed by atoms with Crippen LogP contribution in [-0.4, -0.2) is 9.38 Å². The number of hydrogen-bond acceptors (Lipinski definition) is 2. The zero-order chi connectivity index (χ0) is 14.4. The lowest BCUT2D eigenvalue weighted by Gasteiger charge is -2.05. The predicted molar refractivity (Wildman–Crippen MR) is 87.0 cm³/mol. The molecule has 0 spiro atoms. The lowest BCUT2D eigenvalue weighted by Crippen LogP contribution is -1.98. The molecular weight excluding hydrogens is 314 g/mol. The smallest absolute Gasteiger partial charge is 0.139 e. The fraction of sp³-hybridized carbons (Fsp3) is 0.188. The molecule has 0 saturated carbocycles. The van der Waals surface area contributed by atoms with E-state index >= 15 is 0 Å². The van der Waals surface area contributed by atoms with Crippen LogP contribution in [0.4, 0.5) is 5.82 Å². The third kappa shape index (κ3) is 2.00. The summed E-state index contributed by atoms with van der Waals surface area (Å²) in [5.41, 5.74) is 12.5. The second-order valence-corrected chi connectivity index (χ2v) is 6.03. The van der Waals surface area contributed by atoms with Crippen LogP contribution in [0, 0.1) is 20.8 Å². The van der Waals surface area contributed by atoms with E-state index in [9.17, 15) is 0 Å². The highest BCUT2D eigenvalue weighted by molar-refractivity contribution is 9.10. The van der Waals surface area contributed by atoms with Crippen LogP contribution in [0.25, 0.3) is 16.9 Å². The first kappa shape index (κ1) is 13.2. The Hall–Kier alpha value is -1.81. The molecule has 3 rings (SSSR count). The van der Waals surface area contributed by atoms with Gasteiger partial charge in [-0.25, -0.2) is 4.98 Å². The molecule has 2 aromatic heterocycles. The lowest BCUT2D eigenvalue weighted by molar-refractivity contribution is 1.09. The van der Waals surface area contributed by atoms with Crippen molar-refractivity contribution in [2.24, 2.45) is 0 Å². The standard InChI is InChI=1S/C16H16BrN3/c1-9-6-11(3)20-14(7-9)19-15(16(20)18)12-5-4-10(2)13(17)8-12/h4-8H,18H2,1-3H3. The number of nitrogen functional groups attached to an aromatic ring is 1. The summed E-state index contributed by atoms with van der Waals surface area (Å²) in [7, 11) is 0. The second kappa shape index (κ2) is 4.63. The Kier molecular flexibility index (Phi) is 3.05. The van der Waals surface area contributed by atoms with E-state index in [4.69, 9.17) is 10.7 Å². The SMILES string of the molecule is Cc1cc(C)n2c(N)c(-c3ccc(C)c(Br)c3)nc2c1. The maximum absolute atomic E-state index is 6.30. The van der Waals surface area contributed by atoms with Crippen molar-refractivity contribution in [1.82, 2.24) is 9.38 Å². The summed E-state index contributed by atoms with van der Waals surface area (Å²) in [4.78, 5) is 4.69. The van der Waals surface area contributed by atoms with E-state index in [0.29, 0.717) is 5.82 Å². The molecule has 0 saturated heterocycles. The summed E-state index contributed by atoms with van der Waals surface area (Å²) >= 11 is 3.56. The number of imidazole rings is 1. The first-order valence-electron chi connectivity index (χ1n) is 6.49. The molecule has 0 radical (unpaired) electrons. The Labute approximate surface area is 126 Å². The molecule has 2 heterocycles. The number of aryl methyl sites for hydroxylation is 3. The number of fused-ring (bicyclic) bond motifs is 1. The maximum atomic E-state index is 6.30. The van der Waals surface area contributed by atoms with E-state index in [1.807, 2.05) is 11.3 Å². The minimum atomic E-state index is 0.688. The number of anilines is 1. The highest BCUT2D eigenvalue weighted by atomic mass is 79.9. The molecule has 4 heteroatoms. The van der Waals surface area contributed by atoms with Gasteiger partial charge in [-0.1, -0.05) is 28.1 Å². The van der Waals surface area contributed by atoms with Crippen molar-refractivity contribution in [3.05, 3.63) is 51.6 Å². The topological polar surface area (TPSA) is 43.3 Å². The summed E-state index contributed by atoms with van der Waals surface area (Å²) in [6, 6.07) is 10.4. The van der Waals surface area contributed by atoms with Gasteiger partial charge >= 0.3 is 0 Å². The first-order chi connectivity index (χ1) is 9.47. The molecule has 1 aromatic carbocycles. The number of aromatic nitrogens is 2. The molecule has 0 atom stereocenters. The summed E-state index contributed by atoms with van der Waals surface area (Å²) in [5.74, 6) is 0.688. The molecular formula is C16H16BrN3. The van der Waals surface area contributed by atoms with Crippen molar-refractivity contribution in [2.45, 2.75) is 20.8 Å². The van der Waals surface area contributed by atoms with Crippen molar-refractivity contribution in [3.63, 3.8) is 0 Å². The van der Waals surface area contributed by atoms with Crippen LogP contribution in [0.2, 0.25) is 0 Å². The number of halogens is 1. The van der Waals surface area contributed by atoms with Gasteiger partial charge in [0.05, 0.1) is 0 Å². The normalized spacial score (nSPS) is 11.2. The summed E-state index contributed by atoms with van der Waals surface area (Å²) in [6.07, 6.45) is 0. The van der Waals surface area contributed by atoms with Crippen molar-refractivity contribution < 1.29 is 0 Å². The van der Waals surface area contributed by atoms with Gasteiger partial charge in [-0.05, 0) is 50.1 Å². The highest BCUT2D eigenvalue weighted by Crippen LogP contribution is 2.30. The van der Waals surface area contributed by atoms with E-state index in [1.54, 1.807) is 0 Å². The van der Waals surface area contributed by atoms with Gasteiger partial charge in [0.1, 0.15) is 17.2 Å². The summed E-state index contributed by atoms with van der Waals surface area (Å²) in [6.45, 7) is 6.18. The van der Waals surface area contributed by atoms with E-state index in [0.717, 1.165) is 27.1 Å². The Balaban J connectivity index is 2.29. The van der Waals surface area contributed by atoms with Crippen molar-refractivity contribution in [1.29, 1.82) is 0 Å². The molecule has 20 heavy (non-hydrogen) atoms. The largest absolute Gasteiger partial charge is 0.383 e. The molecule has 0 amide bonds. The van der Waals surface area contributed by atoms with Crippen LogP contribution in [0.5, 0.6) is 0 Å². The number of benzene rings is 1. The summed E-state index contributed by atoms with van der Waals surface area (Å²) in [5, 5.41) is 0. The monoisotopic (exact) mass is 329 g/mol. The molecule has 3 nitrogen and oxygen atoms in total. The van der Waals surface area contributed by atoms with Gasteiger partial charge in [-0.2, -0.15) is 0 Å². The van der Waals surface area contributed by atoms with Crippen LogP contribution in [-0.2, 0) is 0 Å². The second-order valence-electron chi connectivity index (χ2n) is 5.18. The average molecular weight is 330 g/mol. The molecule has 0 fully saturated rings.